The van der Waals surface area contributed by atoms with Gasteiger partial charge in [0.15, 0.2) is 0 Å². The topological polar surface area (TPSA) is 146 Å². The summed E-state index contributed by atoms with van der Waals surface area (Å²) in [5.41, 5.74) is 0.765. The van der Waals surface area contributed by atoms with Crippen LogP contribution in [0.15, 0.2) is 14.7 Å². The highest BCUT2D eigenvalue weighted by Gasteiger charge is 2.25. The minimum absolute atomic E-state index is 0.107. The van der Waals surface area contributed by atoms with Crippen molar-refractivity contribution in [3.8, 4) is 0 Å². The average Bonchev–Trinajstić information content (AvgIpc) is 2.46. The molecule has 10 heteroatoms. The maximum absolute atomic E-state index is 12.4. The maximum atomic E-state index is 12.4. The summed E-state index contributed by atoms with van der Waals surface area (Å²) >= 11 is 0. The number of aromatic amines is 2. The van der Waals surface area contributed by atoms with Crippen LogP contribution in [0, 0.1) is 12.8 Å². The van der Waals surface area contributed by atoms with Crippen molar-refractivity contribution in [2.24, 2.45) is 11.0 Å². The van der Waals surface area contributed by atoms with Gasteiger partial charge in [0, 0.05) is 5.69 Å². The van der Waals surface area contributed by atoms with Gasteiger partial charge in [-0.3, -0.25) is 14.6 Å². The summed E-state index contributed by atoms with van der Waals surface area (Å²) in [5, 5.41) is 6.27. The van der Waals surface area contributed by atoms with E-state index >= 15 is 0 Å². The van der Waals surface area contributed by atoms with Gasteiger partial charge in [-0.2, -0.15) is 5.10 Å². The van der Waals surface area contributed by atoms with Crippen LogP contribution in [0.4, 0.5) is 4.79 Å². The van der Waals surface area contributed by atoms with Crippen LogP contribution in [0.3, 0.4) is 0 Å². The third-order valence-electron chi connectivity index (χ3n) is 3.26. The van der Waals surface area contributed by atoms with Crippen molar-refractivity contribution in [3.05, 3.63) is 32.1 Å². The zero-order valence-electron chi connectivity index (χ0n) is 16.4. The molecule has 1 rings (SSSR count). The molecule has 0 radical (unpaired) electrons. The zero-order chi connectivity index (χ0) is 20.8. The Morgan fingerprint density at radius 2 is 1.85 bits per heavy atom. The number of nitrogens with one attached hydrogen (secondary N) is 4. The van der Waals surface area contributed by atoms with Gasteiger partial charge in [-0.05, 0) is 40.0 Å². The van der Waals surface area contributed by atoms with Crippen molar-refractivity contribution in [2.45, 2.75) is 59.6 Å². The second kappa shape index (κ2) is 9.15. The van der Waals surface area contributed by atoms with Gasteiger partial charge < -0.3 is 15.0 Å². The number of hydrogen-bond acceptors (Lipinski definition) is 6. The molecule has 0 aliphatic rings. The van der Waals surface area contributed by atoms with E-state index in [0.717, 1.165) is 6.21 Å². The van der Waals surface area contributed by atoms with E-state index in [0.29, 0.717) is 12.1 Å². The monoisotopic (exact) mass is 381 g/mol. The first-order chi connectivity index (χ1) is 12.4. The smallest absolute Gasteiger partial charge is 0.408 e. The first-order valence-electron chi connectivity index (χ1n) is 8.54. The molecule has 1 atom stereocenters. The quantitative estimate of drug-likeness (QED) is 0.424. The molecule has 0 unspecified atom stereocenters. The SMILES string of the molecule is Cc1[nH]c(=O)[nH]c(=O)c1/C=N/NC(=O)[C@H](CC(C)C)NC(=O)OC(C)(C)C. The number of hydrogen-bond donors (Lipinski definition) is 4. The Kier molecular flexibility index (Phi) is 7.50. The van der Waals surface area contributed by atoms with Crippen molar-refractivity contribution in [3.63, 3.8) is 0 Å². The summed E-state index contributed by atoms with van der Waals surface area (Å²) in [6, 6.07) is -0.855. The lowest BCUT2D eigenvalue weighted by Gasteiger charge is -2.23. The van der Waals surface area contributed by atoms with Crippen LogP contribution < -0.4 is 22.0 Å². The van der Waals surface area contributed by atoms with Gasteiger partial charge in [-0.15, -0.1) is 0 Å². The number of aryl methyl sites for hydroxylation is 1. The molecular formula is C17H27N5O5. The van der Waals surface area contributed by atoms with Crippen molar-refractivity contribution >= 4 is 18.2 Å². The molecule has 0 saturated carbocycles. The first kappa shape index (κ1) is 22.1. The molecule has 4 N–H and O–H groups in total. The Morgan fingerprint density at radius 3 is 2.37 bits per heavy atom. The number of rotatable bonds is 6. The Labute approximate surface area is 156 Å². The molecule has 1 aromatic heterocycles. The van der Waals surface area contributed by atoms with Crippen LogP contribution in [0.5, 0.6) is 0 Å². The van der Waals surface area contributed by atoms with E-state index in [1.165, 1.54) is 6.92 Å². The molecule has 0 saturated heterocycles. The van der Waals surface area contributed by atoms with E-state index in [1.54, 1.807) is 20.8 Å². The molecule has 0 aliphatic heterocycles. The van der Waals surface area contributed by atoms with Crippen molar-refractivity contribution in [2.75, 3.05) is 0 Å². The van der Waals surface area contributed by atoms with Gasteiger partial charge in [0.2, 0.25) is 0 Å². The number of carbonyl (C=O) groups is 2. The fourth-order valence-electron chi connectivity index (χ4n) is 2.16. The van der Waals surface area contributed by atoms with E-state index in [2.05, 4.69) is 25.8 Å². The Hall–Kier alpha value is -2.91. The predicted molar refractivity (Wildman–Crippen MR) is 101 cm³/mol. The van der Waals surface area contributed by atoms with E-state index in [4.69, 9.17) is 4.74 Å². The van der Waals surface area contributed by atoms with E-state index < -0.39 is 34.9 Å². The number of ether oxygens (including phenoxy) is 1. The van der Waals surface area contributed by atoms with Crippen LogP contribution in [0.1, 0.15) is 52.3 Å². The van der Waals surface area contributed by atoms with E-state index in [9.17, 15) is 19.2 Å². The molecule has 1 heterocycles. The fourth-order valence-corrected chi connectivity index (χ4v) is 2.16. The van der Waals surface area contributed by atoms with Crippen LogP contribution in [-0.2, 0) is 9.53 Å². The highest BCUT2D eigenvalue weighted by molar-refractivity contribution is 5.87. The summed E-state index contributed by atoms with van der Waals surface area (Å²) in [6.45, 7) is 10.5. The highest BCUT2D eigenvalue weighted by Crippen LogP contribution is 2.09. The first-order valence-corrected chi connectivity index (χ1v) is 8.54. The third-order valence-corrected chi connectivity index (χ3v) is 3.26. The van der Waals surface area contributed by atoms with Crippen molar-refractivity contribution < 1.29 is 14.3 Å². The summed E-state index contributed by atoms with van der Waals surface area (Å²) in [4.78, 5) is 51.7. The van der Waals surface area contributed by atoms with Gasteiger partial charge >= 0.3 is 11.8 Å². The Balaban J connectivity index is 2.84. The summed E-state index contributed by atoms with van der Waals surface area (Å²) in [7, 11) is 0. The van der Waals surface area contributed by atoms with Crippen LogP contribution in [0.25, 0.3) is 0 Å². The van der Waals surface area contributed by atoms with Crippen LogP contribution in [-0.4, -0.2) is 39.8 Å². The minimum atomic E-state index is -0.855. The number of amides is 2. The number of H-pyrrole nitrogens is 2. The molecule has 2 amide bonds. The van der Waals surface area contributed by atoms with Crippen molar-refractivity contribution in [1.82, 2.24) is 20.7 Å². The van der Waals surface area contributed by atoms with Gasteiger partial charge in [0.05, 0.1) is 11.8 Å². The van der Waals surface area contributed by atoms with Crippen LogP contribution >= 0.6 is 0 Å². The molecule has 27 heavy (non-hydrogen) atoms. The number of hydrazone groups is 1. The fraction of sp³-hybridized carbons (Fsp3) is 0.588. The standard InChI is InChI=1S/C17H27N5O5/c1-9(2)7-12(20-16(26)27-17(4,5)6)14(24)22-18-8-11-10(3)19-15(25)21-13(11)23/h8-9,12H,7H2,1-6H3,(H,20,26)(H,22,24)(H2,19,21,23,25)/b18-8+/t12-/m0/s1. The second-order valence-corrected chi connectivity index (χ2v) is 7.51. The molecular weight excluding hydrogens is 354 g/mol. The average molecular weight is 381 g/mol. The largest absolute Gasteiger partial charge is 0.444 e. The van der Waals surface area contributed by atoms with Crippen molar-refractivity contribution in [1.29, 1.82) is 0 Å². The molecule has 150 valence electrons. The predicted octanol–water partition coefficient (Wildman–Crippen LogP) is 0.761. The lowest BCUT2D eigenvalue weighted by atomic mass is 10.0. The number of nitrogens with zero attached hydrogens (tertiary/aromatic N) is 1. The molecule has 10 nitrogen and oxygen atoms in total. The molecule has 0 fully saturated rings. The Morgan fingerprint density at radius 1 is 1.22 bits per heavy atom. The van der Waals surface area contributed by atoms with Crippen LogP contribution in [0.2, 0.25) is 0 Å². The molecule has 0 spiro atoms. The Bertz CT molecular complexity index is 816. The summed E-state index contributed by atoms with van der Waals surface area (Å²) < 4.78 is 5.17. The third kappa shape index (κ3) is 7.89. The molecule has 1 aromatic rings. The number of carbonyl (C=O) groups excluding carboxylic acids is 2. The number of alkyl carbamates (subject to hydrolysis) is 1. The lowest BCUT2D eigenvalue weighted by Crippen LogP contribution is -2.47. The van der Waals surface area contributed by atoms with Gasteiger partial charge in [0.25, 0.3) is 11.5 Å². The normalized spacial score (nSPS) is 12.9. The van der Waals surface area contributed by atoms with Gasteiger partial charge in [0.1, 0.15) is 11.6 Å². The summed E-state index contributed by atoms with van der Waals surface area (Å²) in [6.07, 6.45) is 0.793. The van der Waals surface area contributed by atoms with Gasteiger partial charge in [-0.1, -0.05) is 13.8 Å². The number of aromatic nitrogens is 2. The lowest BCUT2D eigenvalue weighted by molar-refractivity contribution is -0.123. The summed E-state index contributed by atoms with van der Waals surface area (Å²) in [5.74, 6) is -0.423. The maximum Gasteiger partial charge on any atom is 0.408 e. The molecule has 0 aliphatic carbocycles. The minimum Gasteiger partial charge on any atom is -0.444 e. The molecule has 0 aromatic carbocycles. The van der Waals surface area contributed by atoms with E-state index in [-0.39, 0.29) is 11.5 Å². The van der Waals surface area contributed by atoms with Gasteiger partial charge in [-0.25, -0.2) is 15.0 Å². The zero-order valence-corrected chi connectivity index (χ0v) is 16.4. The molecule has 0 bridgehead atoms. The second-order valence-electron chi connectivity index (χ2n) is 7.51. The highest BCUT2D eigenvalue weighted by atomic mass is 16.6. The van der Waals surface area contributed by atoms with E-state index in [1.807, 2.05) is 13.8 Å².